The van der Waals surface area contributed by atoms with Crippen molar-refractivity contribution in [3.05, 3.63) is 89.7 Å². The average Bonchev–Trinajstić information content (AvgIpc) is 3.46. The molecule has 242 valence electrons. The van der Waals surface area contributed by atoms with Crippen LogP contribution in [0, 0.1) is 4.84 Å². The number of halogens is 3. The van der Waals surface area contributed by atoms with E-state index < -0.39 is 49.9 Å². The van der Waals surface area contributed by atoms with Crippen molar-refractivity contribution in [2.24, 2.45) is 0 Å². The van der Waals surface area contributed by atoms with Crippen LogP contribution < -0.4 is 18.1 Å². The van der Waals surface area contributed by atoms with Gasteiger partial charge in [-0.15, -0.1) is 0 Å². The Balaban J connectivity index is 1.71. The Bertz CT molecular complexity index is 2140. The standard InChI is InChI=1S/C28H24F3N5O7S3/c1-41-18-7-11-20(12-8-18)45(37,38)35(16-25-33-27(44)43-34-25)26-23-6-4-3-5-22(23)24(15-32-26)36(17-28(29,30)31)46(39,40)21-13-9-19(42-2)10-14-21/h3-15H,16-17H2,1-2H3,(H,33,34,44). The molecule has 2 aromatic heterocycles. The molecule has 0 spiro atoms. The lowest BCUT2D eigenvalue weighted by molar-refractivity contribution is -0.117. The van der Waals surface area contributed by atoms with Gasteiger partial charge in [0.15, 0.2) is 11.6 Å². The van der Waals surface area contributed by atoms with E-state index in [-0.39, 0.29) is 36.5 Å². The number of hydrogen-bond donors (Lipinski definition) is 1. The van der Waals surface area contributed by atoms with Crippen molar-refractivity contribution in [1.82, 2.24) is 15.1 Å². The zero-order chi connectivity index (χ0) is 33.3. The van der Waals surface area contributed by atoms with Gasteiger partial charge in [-0.3, -0.25) is 9.29 Å². The average molecular weight is 696 g/mol. The fourth-order valence-electron chi connectivity index (χ4n) is 4.51. The number of rotatable bonds is 11. The van der Waals surface area contributed by atoms with E-state index in [0.29, 0.717) is 11.5 Å². The number of nitrogens with zero attached hydrogens (tertiary/aromatic N) is 4. The van der Waals surface area contributed by atoms with Crippen LogP contribution in [0.3, 0.4) is 0 Å². The van der Waals surface area contributed by atoms with Crippen LogP contribution in [-0.4, -0.2) is 58.9 Å². The number of pyridine rings is 1. The molecule has 0 unspecified atom stereocenters. The van der Waals surface area contributed by atoms with Gasteiger partial charge < -0.3 is 14.0 Å². The predicted octanol–water partition coefficient (Wildman–Crippen LogP) is 5.45. The zero-order valence-electron chi connectivity index (χ0n) is 23.9. The lowest BCUT2D eigenvalue weighted by atomic mass is 10.1. The molecule has 0 atom stereocenters. The van der Waals surface area contributed by atoms with Crippen LogP contribution >= 0.6 is 12.2 Å². The van der Waals surface area contributed by atoms with Gasteiger partial charge in [0.1, 0.15) is 18.0 Å². The second-order valence-corrected chi connectivity index (χ2v) is 13.6. The second-order valence-electron chi connectivity index (χ2n) is 9.54. The lowest BCUT2D eigenvalue weighted by Gasteiger charge is -2.28. The number of hydrogen-bond acceptors (Lipinski definition) is 10. The predicted molar refractivity (Wildman–Crippen MR) is 163 cm³/mol. The number of sulfonamides is 2. The molecule has 0 fully saturated rings. The summed E-state index contributed by atoms with van der Waals surface area (Å²) in [6, 6.07) is 16.1. The van der Waals surface area contributed by atoms with Gasteiger partial charge in [0.05, 0.1) is 42.4 Å². The Kier molecular flexibility index (Phi) is 8.96. The molecule has 5 rings (SSSR count). The molecule has 0 saturated carbocycles. The van der Waals surface area contributed by atoms with Gasteiger partial charge in [0.25, 0.3) is 24.9 Å². The number of alkyl halides is 3. The summed E-state index contributed by atoms with van der Waals surface area (Å²) in [5.41, 5.74) is -0.435. The quantitative estimate of drug-likeness (QED) is 0.177. The van der Waals surface area contributed by atoms with Crippen molar-refractivity contribution >= 4 is 54.5 Å². The number of anilines is 2. The number of H-pyrrole nitrogens is 1. The molecule has 3 aromatic carbocycles. The van der Waals surface area contributed by atoms with E-state index in [2.05, 4.69) is 15.1 Å². The smallest absolute Gasteiger partial charge is 0.407 e. The largest absolute Gasteiger partial charge is 0.497 e. The maximum atomic E-state index is 14.1. The number of ether oxygens (including phenoxy) is 2. The van der Waals surface area contributed by atoms with E-state index in [1.165, 1.54) is 74.9 Å². The molecular formula is C28H24F3N5O7S3. The first-order valence-electron chi connectivity index (χ1n) is 13.1. The number of aromatic amines is 1. The highest BCUT2D eigenvalue weighted by Gasteiger charge is 2.39. The maximum Gasteiger partial charge on any atom is 0.407 e. The molecule has 1 N–H and O–H groups in total. The van der Waals surface area contributed by atoms with Crippen LogP contribution in [-0.2, 0) is 26.6 Å². The van der Waals surface area contributed by atoms with Gasteiger partial charge >= 0.3 is 6.18 Å². The van der Waals surface area contributed by atoms with Gasteiger partial charge in [-0.1, -0.05) is 29.4 Å². The first kappa shape index (κ1) is 32.7. The maximum absolute atomic E-state index is 14.1. The van der Waals surface area contributed by atoms with Crippen LogP contribution in [0.4, 0.5) is 24.7 Å². The fourth-order valence-corrected chi connectivity index (χ4v) is 7.52. The first-order chi connectivity index (χ1) is 21.7. The molecule has 0 aliphatic heterocycles. The Morgan fingerprint density at radius 2 is 1.35 bits per heavy atom. The minimum Gasteiger partial charge on any atom is -0.497 e. The summed E-state index contributed by atoms with van der Waals surface area (Å²) in [4.78, 5) is 6.14. The highest BCUT2D eigenvalue weighted by Crippen LogP contribution is 2.38. The molecule has 18 heteroatoms. The minimum absolute atomic E-state index is 0.00201. The molecule has 2 heterocycles. The highest BCUT2D eigenvalue weighted by atomic mass is 32.2. The molecular weight excluding hydrogens is 672 g/mol. The van der Waals surface area contributed by atoms with Crippen molar-refractivity contribution in [1.29, 1.82) is 0 Å². The summed E-state index contributed by atoms with van der Waals surface area (Å²) in [7, 11) is -6.50. The van der Waals surface area contributed by atoms with Crippen molar-refractivity contribution < 1.29 is 44.0 Å². The second kappa shape index (κ2) is 12.6. The Hall–Kier alpha value is -4.68. The fraction of sp³-hybridized carbons (Fsp3) is 0.179. The molecule has 0 aliphatic rings. The van der Waals surface area contributed by atoms with Gasteiger partial charge in [-0.2, -0.15) is 13.2 Å². The topological polar surface area (TPSA) is 148 Å². The molecule has 0 saturated heterocycles. The summed E-state index contributed by atoms with van der Waals surface area (Å²) in [6.45, 7) is -2.38. The molecule has 0 radical (unpaired) electrons. The Morgan fingerprint density at radius 3 is 1.83 bits per heavy atom. The molecule has 0 aliphatic carbocycles. The third-order valence-electron chi connectivity index (χ3n) is 6.65. The Labute approximate surface area is 266 Å². The normalized spacial score (nSPS) is 12.2. The van der Waals surface area contributed by atoms with Crippen molar-refractivity contribution in [3.8, 4) is 11.5 Å². The van der Waals surface area contributed by atoms with Crippen LogP contribution in [0.15, 0.2) is 93.3 Å². The SMILES string of the molecule is COc1ccc(S(=O)(=O)N(CC(F)(F)F)c2cnc(N(Cc3noc(=S)[nH]3)S(=O)(=O)c3ccc(OC)cc3)c3ccccc23)cc1. The van der Waals surface area contributed by atoms with Crippen molar-refractivity contribution in [2.75, 3.05) is 29.4 Å². The van der Waals surface area contributed by atoms with Gasteiger partial charge in [-0.25, -0.2) is 26.1 Å². The molecule has 0 bridgehead atoms. The summed E-state index contributed by atoms with van der Waals surface area (Å²) < 4.78 is 113. The van der Waals surface area contributed by atoms with Crippen LogP contribution in [0.1, 0.15) is 5.82 Å². The number of nitrogens with one attached hydrogen (secondary N) is 1. The number of aromatic nitrogens is 3. The van der Waals surface area contributed by atoms with E-state index in [1.807, 2.05) is 0 Å². The molecule has 5 aromatic rings. The number of methoxy groups -OCH3 is 2. The summed E-state index contributed by atoms with van der Waals surface area (Å²) >= 11 is 4.93. The van der Waals surface area contributed by atoms with Gasteiger partial charge in [0, 0.05) is 10.8 Å². The van der Waals surface area contributed by atoms with E-state index in [0.717, 1.165) is 22.6 Å². The van der Waals surface area contributed by atoms with Crippen LogP contribution in [0.25, 0.3) is 10.8 Å². The third-order valence-corrected chi connectivity index (χ3v) is 10.4. The summed E-state index contributed by atoms with van der Waals surface area (Å²) in [6.07, 6.45) is -4.08. The summed E-state index contributed by atoms with van der Waals surface area (Å²) in [5.74, 6) is 0.453. The van der Waals surface area contributed by atoms with Crippen molar-refractivity contribution in [2.45, 2.75) is 22.5 Å². The van der Waals surface area contributed by atoms with Crippen LogP contribution in [0.5, 0.6) is 11.5 Å². The molecule has 12 nitrogen and oxygen atoms in total. The zero-order valence-corrected chi connectivity index (χ0v) is 26.4. The monoisotopic (exact) mass is 695 g/mol. The van der Waals surface area contributed by atoms with E-state index in [4.69, 9.17) is 26.2 Å². The van der Waals surface area contributed by atoms with Crippen LogP contribution in [0.2, 0.25) is 0 Å². The van der Waals surface area contributed by atoms with E-state index >= 15 is 0 Å². The number of fused-ring (bicyclic) bond motifs is 1. The Morgan fingerprint density at radius 1 is 0.826 bits per heavy atom. The lowest BCUT2D eigenvalue weighted by Crippen LogP contribution is -2.39. The van der Waals surface area contributed by atoms with Crippen molar-refractivity contribution in [3.63, 3.8) is 0 Å². The van der Waals surface area contributed by atoms with E-state index in [1.54, 1.807) is 0 Å². The molecule has 0 amide bonds. The van der Waals surface area contributed by atoms with Gasteiger partial charge in [-0.05, 0) is 60.7 Å². The number of benzene rings is 3. The third kappa shape index (κ3) is 6.63. The minimum atomic E-state index is -4.96. The van der Waals surface area contributed by atoms with Gasteiger partial charge in [0.2, 0.25) is 0 Å². The molecule has 46 heavy (non-hydrogen) atoms. The summed E-state index contributed by atoms with van der Waals surface area (Å²) in [5, 5.41) is 3.74. The highest BCUT2D eigenvalue weighted by molar-refractivity contribution is 7.93. The first-order valence-corrected chi connectivity index (χ1v) is 16.4. The van der Waals surface area contributed by atoms with E-state index in [9.17, 15) is 30.0 Å².